The number of aryl methyl sites for hydroxylation is 1. The average Bonchev–Trinajstić information content (AvgIpc) is 3.07. The second-order valence-electron chi connectivity index (χ2n) is 7.74. The van der Waals surface area contributed by atoms with Crippen LogP contribution in [0.1, 0.15) is 27.3 Å². The first-order valence-electron chi connectivity index (χ1n) is 10.3. The van der Waals surface area contributed by atoms with Gasteiger partial charge in [0.2, 0.25) is 0 Å². The Morgan fingerprint density at radius 3 is 2.26 bits per heavy atom. The van der Waals surface area contributed by atoms with E-state index < -0.39 is 4.92 Å². The second kappa shape index (κ2) is 8.59. The Labute approximate surface area is 180 Å². The molecule has 160 valence electrons. The fourth-order valence-corrected chi connectivity index (χ4v) is 4.03. The summed E-state index contributed by atoms with van der Waals surface area (Å²) in [4.78, 5) is 27.7. The van der Waals surface area contributed by atoms with Crippen molar-refractivity contribution in [1.29, 1.82) is 0 Å². The molecule has 0 radical (unpaired) electrons. The van der Waals surface area contributed by atoms with E-state index in [1.165, 1.54) is 12.1 Å². The van der Waals surface area contributed by atoms with E-state index in [1.54, 1.807) is 12.1 Å². The molecule has 0 saturated carbocycles. The Kier molecular flexibility index (Phi) is 5.70. The van der Waals surface area contributed by atoms with Crippen LogP contribution in [-0.4, -0.2) is 51.7 Å². The number of nitro benzene ring substituents is 1. The largest absolute Gasteiger partial charge is 0.368 e. The Bertz CT molecular complexity index is 1080. The first kappa shape index (κ1) is 20.6. The molecule has 1 saturated heterocycles. The molecule has 1 amide bonds. The Balaban J connectivity index is 1.43. The number of piperazine rings is 1. The van der Waals surface area contributed by atoms with Gasteiger partial charge in [-0.05, 0) is 31.5 Å². The number of rotatable bonds is 5. The van der Waals surface area contributed by atoms with Crippen LogP contribution >= 0.6 is 0 Å². The Hall–Kier alpha value is -3.68. The van der Waals surface area contributed by atoms with Crippen molar-refractivity contribution in [2.75, 3.05) is 31.1 Å². The summed E-state index contributed by atoms with van der Waals surface area (Å²) < 4.78 is 1.89. The maximum absolute atomic E-state index is 13.2. The molecule has 8 nitrogen and oxygen atoms in total. The van der Waals surface area contributed by atoms with Crippen LogP contribution in [0.4, 0.5) is 11.4 Å². The lowest BCUT2D eigenvalue weighted by Gasteiger charge is -2.36. The van der Waals surface area contributed by atoms with Crippen LogP contribution in [0, 0.1) is 24.0 Å². The molecule has 3 aromatic rings. The molecule has 4 rings (SSSR count). The van der Waals surface area contributed by atoms with Gasteiger partial charge in [0.1, 0.15) is 0 Å². The fourth-order valence-electron chi connectivity index (χ4n) is 4.03. The molecule has 31 heavy (non-hydrogen) atoms. The highest BCUT2D eigenvalue weighted by molar-refractivity contribution is 5.96. The lowest BCUT2D eigenvalue weighted by molar-refractivity contribution is -0.384. The van der Waals surface area contributed by atoms with E-state index in [2.05, 4.69) is 22.1 Å². The van der Waals surface area contributed by atoms with Gasteiger partial charge in [-0.3, -0.25) is 19.6 Å². The number of benzene rings is 2. The van der Waals surface area contributed by atoms with E-state index in [0.29, 0.717) is 38.3 Å². The minimum Gasteiger partial charge on any atom is -0.368 e. The van der Waals surface area contributed by atoms with Crippen LogP contribution in [0.15, 0.2) is 54.6 Å². The summed E-state index contributed by atoms with van der Waals surface area (Å²) in [7, 11) is 0. The van der Waals surface area contributed by atoms with E-state index in [0.717, 1.165) is 22.6 Å². The number of carbonyl (C=O) groups excluding carboxylic acids is 1. The van der Waals surface area contributed by atoms with Crippen molar-refractivity contribution >= 4 is 17.3 Å². The smallest absolute Gasteiger partial charge is 0.269 e. The predicted molar refractivity (Wildman–Crippen MR) is 118 cm³/mol. The molecular formula is C23H25N5O3. The van der Waals surface area contributed by atoms with Crippen molar-refractivity contribution in [2.45, 2.75) is 20.4 Å². The number of aromatic nitrogens is 2. The summed E-state index contributed by atoms with van der Waals surface area (Å²) in [5.41, 5.74) is 4.46. The van der Waals surface area contributed by atoms with Gasteiger partial charge in [0.15, 0.2) is 0 Å². The summed E-state index contributed by atoms with van der Waals surface area (Å²) in [5.74, 6) is 0.0117. The molecule has 0 aliphatic carbocycles. The Morgan fingerprint density at radius 1 is 1.00 bits per heavy atom. The normalized spacial score (nSPS) is 14.0. The van der Waals surface area contributed by atoms with Crippen molar-refractivity contribution in [3.8, 4) is 0 Å². The highest BCUT2D eigenvalue weighted by Gasteiger charge is 2.27. The van der Waals surface area contributed by atoms with Gasteiger partial charge in [0, 0.05) is 49.7 Å². The van der Waals surface area contributed by atoms with E-state index in [-0.39, 0.29) is 11.6 Å². The molecule has 0 unspecified atom stereocenters. The zero-order chi connectivity index (χ0) is 22.0. The molecule has 2 aromatic carbocycles. The first-order chi connectivity index (χ1) is 14.9. The third-order valence-electron chi connectivity index (χ3n) is 5.76. The summed E-state index contributed by atoms with van der Waals surface area (Å²) in [6.07, 6.45) is 0. The molecule has 1 aromatic heterocycles. The number of nitro groups is 1. The summed E-state index contributed by atoms with van der Waals surface area (Å²) >= 11 is 0. The minimum atomic E-state index is -0.400. The van der Waals surface area contributed by atoms with E-state index in [1.807, 2.05) is 41.6 Å². The molecule has 1 aliphatic heterocycles. The van der Waals surface area contributed by atoms with Gasteiger partial charge in [0.25, 0.3) is 11.6 Å². The molecule has 0 N–H and O–H groups in total. The average molecular weight is 419 g/mol. The van der Waals surface area contributed by atoms with Gasteiger partial charge in [-0.15, -0.1) is 0 Å². The quantitative estimate of drug-likeness (QED) is 0.467. The summed E-state index contributed by atoms with van der Waals surface area (Å²) in [6, 6.07) is 16.6. The molecule has 0 atom stereocenters. The number of anilines is 1. The number of hydrogen-bond acceptors (Lipinski definition) is 5. The number of nitrogens with zero attached hydrogens (tertiary/aromatic N) is 5. The molecule has 8 heteroatoms. The molecule has 1 fully saturated rings. The van der Waals surface area contributed by atoms with Gasteiger partial charge < -0.3 is 9.80 Å². The van der Waals surface area contributed by atoms with Crippen LogP contribution in [0.2, 0.25) is 0 Å². The third-order valence-corrected chi connectivity index (χ3v) is 5.76. The lowest BCUT2D eigenvalue weighted by atomic mass is 10.1. The number of carbonyl (C=O) groups is 1. The zero-order valence-corrected chi connectivity index (χ0v) is 17.7. The second-order valence-corrected chi connectivity index (χ2v) is 7.74. The van der Waals surface area contributed by atoms with Crippen LogP contribution < -0.4 is 4.90 Å². The highest BCUT2D eigenvalue weighted by Crippen LogP contribution is 2.22. The SMILES string of the molecule is Cc1nn(Cc2ccccc2)c(C)c1C(=O)N1CCN(c2ccc([N+](=O)[O-])cc2)CC1. The van der Waals surface area contributed by atoms with Crippen molar-refractivity contribution < 1.29 is 9.72 Å². The Morgan fingerprint density at radius 2 is 1.65 bits per heavy atom. The van der Waals surface area contributed by atoms with Gasteiger partial charge in [-0.25, -0.2) is 0 Å². The van der Waals surface area contributed by atoms with Crippen LogP contribution in [0.25, 0.3) is 0 Å². The number of hydrogen-bond donors (Lipinski definition) is 0. The summed E-state index contributed by atoms with van der Waals surface area (Å²) in [5, 5.41) is 15.5. The molecule has 1 aliphatic rings. The fraction of sp³-hybridized carbons (Fsp3) is 0.304. The zero-order valence-electron chi connectivity index (χ0n) is 17.7. The van der Waals surface area contributed by atoms with E-state index in [9.17, 15) is 14.9 Å². The van der Waals surface area contributed by atoms with Gasteiger partial charge in [-0.1, -0.05) is 30.3 Å². The number of amides is 1. The molecule has 0 spiro atoms. The topological polar surface area (TPSA) is 84.5 Å². The lowest BCUT2D eigenvalue weighted by Crippen LogP contribution is -2.49. The van der Waals surface area contributed by atoms with Gasteiger partial charge >= 0.3 is 0 Å². The maximum atomic E-state index is 13.2. The summed E-state index contributed by atoms with van der Waals surface area (Å²) in [6.45, 7) is 7.02. The van der Waals surface area contributed by atoms with Crippen LogP contribution in [-0.2, 0) is 6.54 Å². The van der Waals surface area contributed by atoms with Crippen molar-refractivity contribution in [1.82, 2.24) is 14.7 Å². The number of non-ortho nitro benzene ring substituents is 1. The highest BCUT2D eigenvalue weighted by atomic mass is 16.6. The van der Waals surface area contributed by atoms with Crippen molar-refractivity contribution in [3.63, 3.8) is 0 Å². The molecular weight excluding hydrogens is 394 g/mol. The third kappa shape index (κ3) is 4.28. The maximum Gasteiger partial charge on any atom is 0.269 e. The van der Waals surface area contributed by atoms with E-state index >= 15 is 0 Å². The predicted octanol–water partition coefficient (Wildman–Crippen LogP) is 3.42. The molecule has 0 bridgehead atoms. The standard InChI is InChI=1S/C23H25N5O3/c1-17-22(18(2)27(24-17)16-19-6-4-3-5-7-19)23(29)26-14-12-25(13-15-26)20-8-10-21(11-9-20)28(30)31/h3-11H,12-16H2,1-2H3. The first-order valence-corrected chi connectivity index (χ1v) is 10.3. The van der Waals surface area contributed by atoms with Gasteiger partial charge in [-0.2, -0.15) is 5.10 Å². The van der Waals surface area contributed by atoms with Crippen LogP contribution in [0.5, 0.6) is 0 Å². The van der Waals surface area contributed by atoms with Crippen molar-refractivity contribution in [3.05, 3.63) is 87.2 Å². The van der Waals surface area contributed by atoms with Gasteiger partial charge in [0.05, 0.1) is 22.7 Å². The monoisotopic (exact) mass is 419 g/mol. The van der Waals surface area contributed by atoms with Crippen LogP contribution in [0.3, 0.4) is 0 Å². The minimum absolute atomic E-state index is 0.0117. The van der Waals surface area contributed by atoms with Crippen molar-refractivity contribution in [2.24, 2.45) is 0 Å². The van der Waals surface area contributed by atoms with E-state index in [4.69, 9.17) is 0 Å². The molecule has 2 heterocycles.